The van der Waals surface area contributed by atoms with E-state index < -0.39 is 0 Å². The fourth-order valence-electron chi connectivity index (χ4n) is 1.59. The van der Waals surface area contributed by atoms with E-state index >= 15 is 0 Å². The van der Waals surface area contributed by atoms with Crippen molar-refractivity contribution < 1.29 is 9.47 Å². The molecule has 1 heterocycles. The van der Waals surface area contributed by atoms with Crippen molar-refractivity contribution in [1.29, 1.82) is 0 Å². The Hall–Kier alpha value is -0.0800. The van der Waals surface area contributed by atoms with E-state index in [9.17, 15) is 0 Å². The molecule has 0 aliphatic carbocycles. The second kappa shape index (κ2) is 7.34. The molecule has 77 valence electrons. The largest absolute Gasteiger partial charge is 0.350 e. The highest BCUT2D eigenvalue weighted by atomic mass is 16.7. The molecule has 0 N–H and O–H groups in total. The highest BCUT2D eigenvalue weighted by Crippen LogP contribution is 2.13. The van der Waals surface area contributed by atoms with Gasteiger partial charge in [-0.05, 0) is 12.8 Å². The zero-order valence-corrected chi connectivity index (χ0v) is 8.46. The summed E-state index contributed by atoms with van der Waals surface area (Å²) in [7, 11) is 0. The highest BCUT2D eigenvalue weighted by Gasteiger charge is 2.14. The summed E-state index contributed by atoms with van der Waals surface area (Å²) < 4.78 is 10.7. The molecule has 2 nitrogen and oxygen atoms in total. The first-order valence-electron chi connectivity index (χ1n) is 5.46. The topological polar surface area (TPSA) is 18.5 Å². The molecule has 1 aliphatic rings. The summed E-state index contributed by atoms with van der Waals surface area (Å²) >= 11 is 0. The maximum Gasteiger partial charge on any atom is 0.157 e. The molecule has 1 rings (SSSR count). The average Bonchev–Trinajstić information content (AvgIpc) is 2.63. The Morgan fingerprint density at radius 1 is 0.923 bits per heavy atom. The summed E-state index contributed by atoms with van der Waals surface area (Å²) in [5.74, 6) is 0. The number of hydrogen-bond acceptors (Lipinski definition) is 2. The first-order valence-corrected chi connectivity index (χ1v) is 5.46. The number of ether oxygens (including phenoxy) is 2. The van der Waals surface area contributed by atoms with Crippen LogP contribution >= 0.6 is 0 Å². The highest BCUT2D eigenvalue weighted by molar-refractivity contribution is 4.53. The molecule has 0 bridgehead atoms. The van der Waals surface area contributed by atoms with E-state index in [1.165, 1.54) is 32.1 Å². The van der Waals surface area contributed by atoms with Crippen molar-refractivity contribution in [2.45, 2.75) is 51.2 Å². The predicted octanol–water partition coefficient (Wildman–Crippen LogP) is 2.92. The van der Waals surface area contributed by atoms with E-state index in [4.69, 9.17) is 9.47 Å². The molecule has 0 amide bonds. The Bertz CT molecular complexity index is 109. The molecule has 1 fully saturated rings. The van der Waals surface area contributed by atoms with Gasteiger partial charge in [-0.3, -0.25) is 0 Å². The van der Waals surface area contributed by atoms with Crippen LogP contribution in [-0.2, 0) is 9.47 Å². The molecule has 0 aromatic heterocycles. The van der Waals surface area contributed by atoms with Crippen molar-refractivity contribution in [2.24, 2.45) is 0 Å². The fourth-order valence-corrected chi connectivity index (χ4v) is 1.59. The third-order valence-electron chi connectivity index (χ3n) is 2.38. The zero-order chi connectivity index (χ0) is 9.36. The van der Waals surface area contributed by atoms with Crippen LogP contribution in [0.15, 0.2) is 0 Å². The number of rotatable bonds is 7. The van der Waals surface area contributed by atoms with Crippen molar-refractivity contribution in [1.82, 2.24) is 0 Å². The summed E-state index contributed by atoms with van der Waals surface area (Å²) in [6, 6.07) is 0. The van der Waals surface area contributed by atoms with Crippen molar-refractivity contribution in [3.8, 4) is 0 Å². The maximum atomic E-state index is 5.35. The van der Waals surface area contributed by atoms with Gasteiger partial charge in [-0.15, -0.1) is 0 Å². The number of hydrogen-bond donors (Lipinski definition) is 0. The van der Waals surface area contributed by atoms with Crippen LogP contribution in [0.2, 0.25) is 0 Å². The standard InChI is InChI=1S/C11H21O2/c1-2-3-4-5-6-7-8-11-12-9-10-13-11/h11H,1-10H2. The SMILES string of the molecule is [CH2]CCCCCCCC1OCCO1. The lowest BCUT2D eigenvalue weighted by Crippen LogP contribution is -2.06. The van der Waals surface area contributed by atoms with E-state index in [0.29, 0.717) is 0 Å². The van der Waals surface area contributed by atoms with Gasteiger partial charge in [0.15, 0.2) is 6.29 Å². The predicted molar refractivity (Wildman–Crippen MR) is 53.4 cm³/mol. The Labute approximate surface area is 81.6 Å². The van der Waals surface area contributed by atoms with Gasteiger partial charge >= 0.3 is 0 Å². The third-order valence-corrected chi connectivity index (χ3v) is 2.38. The number of unbranched alkanes of at least 4 members (excludes halogenated alkanes) is 5. The fraction of sp³-hybridized carbons (Fsp3) is 0.909. The monoisotopic (exact) mass is 185 g/mol. The molecule has 0 aromatic carbocycles. The second-order valence-electron chi connectivity index (χ2n) is 3.58. The minimum absolute atomic E-state index is 0.104. The zero-order valence-electron chi connectivity index (χ0n) is 8.46. The van der Waals surface area contributed by atoms with Crippen molar-refractivity contribution in [3.05, 3.63) is 6.92 Å². The summed E-state index contributed by atoms with van der Waals surface area (Å²) in [4.78, 5) is 0. The van der Waals surface area contributed by atoms with E-state index in [1.807, 2.05) is 0 Å². The summed E-state index contributed by atoms with van der Waals surface area (Å²) in [5, 5.41) is 0. The molecule has 13 heavy (non-hydrogen) atoms. The molecule has 1 radical (unpaired) electrons. The summed E-state index contributed by atoms with van der Waals surface area (Å²) in [6.45, 7) is 5.39. The van der Waals surface area contributed by atoms with Gasteiger partial charge in [0, 0.05) is 0 Å². The molecule has 1 aliphatic heterocycles. The van der Waals surface area contributed by atoms with Crippen molar-refractivity contribution in [3.63, 3.8) is 0 Å². The second-order valence-corrected chi connectivity index (χ2v) is 3.58. The molecule has 0 unspecified atom stereocenters. The van der Waals surface area contributed by atoms with Crippen LogP contribution in [0.3, 0.4) is 0 Å². The Morgan fingerprint density at radius 3 is 2.23 bits per heavy atom. The Kier molecular flexibility index (Phi) is 6.21. The lowest BCUT2D eigenvalue weighted by Gasteiger charge is -2.07. The van der Waals surface area contributed by atoms with Gasteiger partial charge in [0.25, 0.3) is 0 Å². The smallest absolute Gasteiger partial charge is 0.157 e. The first kappa shape index (κ1) is 11.0. The third kappa shape index (κ3) is 5.27. The minimum atomic E-state index is 0.104. The molecule has 0 aromatic rings. The van der Waals surface area contributed by atoms with Gasteiger partial charge in [0.1, 0.15) is 0 Å². The molecular weight excluding hydrogens is 164 g/mol. The van der Waals surface area contributed by atoms with Crippen LogP contribution in [0.5, 0.6) is 0 Å². The maximum absolute atomic E-state index is 5.35. The van der Waals surface area contributed by atoms with Gasteiger partial charge in [-0.25, -0.2) is 0 Å². The van der Waals surface area contributed by atoms with Gasteiger partial charge in [-0.1, -0.05) is 39.0 Å². The van der Waals surface area contributed by atoms with Crippen LogP contribution in [0.4, 0.5) is 0 Å². The van der Waals surface area contributed by atoms with Crippen molar-refractivity contribution in [2.75, 3.05) is 13.2 Å². The van der Waals surface area contributed by atoms with Gasteiger partial charge in [0.2, 0.25) is 0 Å². The van der Waals surface area contributed by atoms with E-state index in [0.717, 1.165) is 26.1 Å². The van der Waals surface area contributed by atoms with E-state index in [-0.39, 0.29) is 6.29 Å². The summed E-state index contributed by atoms with van der Waals surface area (Å²) in [6.07, 6.45) is 8.74. The molecule has 0 atom stereocenters. The van der Waals surface area contributed by atoms with Crippen LogP contribution < -0.4 is 0 Å². The van der Waals surface area contributed by atoms with Gasteiger partial charge in [-0.2, -0.15) is 0 Å². The van der Waals surface area contributed by atoms with E-state index in [1.54, 1.807) is 0 Å². The molecule has 0 saturated carbocycles. The lowest BCUT2D eigenvalue weighted by atomic mass is 10.1. The van der Waals surface area contributed by atoms with Crippen LogP contribution in [0.1, 0.15) is 44.9 Å². The van der Waals surface area contributed by atoms with Crippen molar-refractivity contribution >= 4 is 0 Å². The van der Waals surface area contributed by atoms with E-state index in [2.05, 4.69) is 6.92 Å². The molecular formula is C11H21O2. The molecule has 0 spiro atoms. The first-order chi connectivity index (χ1) is 6.43. The molecule has 2 heteroatoms. The lowest BCUT2D eigenvalue weighted by molar-refractivity contribution is -0.0480. The summed E-state index contributed by atoms with van der Waals surface area (Å²) in [5.41, 5.74) is 0. The Balaban J connectivity index is 1.78. The minimum Gasteiger partial charge on any atom is -0.350 e. The van der Waals surface area contributed by atoms with Gasteiger partial charge < -0.3 is 9.47 Å². The van der Waals surface area contributed by atoms with Crippen LogP contribution in [0.25, 0.3) is 0 Å². The normalized spacial score (nSPS) is 18.2. The quantitative estimate of drug-likeness (QED) is 0.568. The average molecular weight is 185 g/mol. The Morgan fingerprint density at radius 2 is 1.54 bits per heavy atom. The van der Waals surface area contributed by atoms with Gasteiger partial charge in [0.05, 0.1) is 13.2 Å². The van der Waals surface area contributed by atoms with Crippen LogP contribution in [0, 0.1) is 6.92 Å². The van der Waals surface area contributed by atoms with Crippen LogP contribution in [-0.4, -0.2) is 19.5 Å². The molecule has 1 saturated heterocycles.